The second-order valence-electron chi connectivity index (χ2n) is 6.07. The van der Waals surface area contributed by atoms with Crippen molar-refractivity contribution < 1.29 is 14.2 Å². The van der Waals surface area contributed by atoms with E-state index in [1.54, 1.807) is 0 Å². The van der Waals surface area contributed by atoms with Crippen molar-refractivity contribution in [3.8, 4) is 0 Å². The van der Waals surface area contributed by atoms with Crippen molar-refractivity contribution in [3.63, 3.8) is 0 Å². The molecule has 2 fully saturated rings. The van der Waals surface area contributed by atoms with Gasteiger partial charge in [0.25, 0.3) is 0 Å². The number of benzene rings is 1. The van der Waals surface area contributed by atoms with E-state index in [1.165, 1.54) is 5.56 Å². The van der Waals surface area contributed by atoms with Crippen molar-refractivity contribution in [1.82, 2.24) is 5.32 Å². The summed E-state index contributed by atoms with van der Waals surface area (Å²) in [4.78, 5) is 0. The van der Waals surface area contributed by atoms with Crippen LogP contribution in [0.1, 0.15) is 25.8 Å². The number of hydrogen-bond donors (Lipinski definition) is 1. The van der Waals surface area contributed by atoms with Gasteiger partial charge in [-0.3, -0.25) is 0 Å². The van der Waals surface area contributed by atoms with Crippen molar-refractivity contribution in [2.24, 2.45) is 0 Å². The van der Waals surface area contributed by atoms with E-state index in [-0.39, 0.29) is 6.10 Å². The van der Waals surface area contributed by atoms with Gasteiger partial charge in [0.05, 0.1) is 32.0 Å². The Morgan fingerprint density at radius 2 is 2.10 bits per heavy atom. The van der Waals surface area contributed by atoms with E-state index in [4.69, 9.17) is 14.2 Å². The van der Waals surface area contributed by atoms with Crippen LogP contribution in [0.15, 0.2) is 30.3 Å². The van der Waals surface area contributed by atoms with E-state index in [1.807, 2.05) is 32.0 Å². The van der Waals surface area contributed by atoms with Crippen LogP contribution >= 0.6 is 0 Å². The lowest BCUT2D eigenvalue weighted by Gasteiger charge is -2.37. The zero-order valence-corrected chi connectivity index (χ0v) is 12.2. The molecule has 0 bridgehead atoms. The van der Waals surface area contributed by atoms with Crippen LogP contribution in [-0.4, -0.2) is 37.2 Å². The summed E-state index contributed by atoms with van der Waals surface area (Å²) in [5, 5.41) is 3.54. The zero-order chi connectivity index (χ0) is 14.0. The van der Waals surface area contributed by atoms with E-state index < -0.39 is 5.79 Å². The molecule has 3 atom stereocenters. The first-order chi connectivity index (χ1) is 9.62. The van der Waals surface area contributed by atoms with Gasteiger partial charge in [0.2, 0.25) is 0 Å². The molecule has 0 saturated carbocycles. The average Bonchev–Trinajstić information content (AvgIpc) is 2.80. The first-order valence-corrected chi connectivity index (χ1v) is 7.32. The molecule has 0 unspecified atom stereocenters. The van der Waals surface area contributed by atoms with E-state index in [0.717, 1.165) is 6.42 Å². The molecule has 2 heterocycles. The highest BCUT2D eigenvalue weighted by Crippen LogP contribution is 2.29. The molecule has 0 aromatic heterocycles. The molecule has 0 radical (unpaired) electrons. The molecule has 1 aromatic rings. The lowest BCUT2D eigenvalue weighted by Crippen LogP contribution is -2.50. The lowest BCUT2D eigenvalue weighted by molar-refractivity contribution is -0.275. The molecule has 20 heavy (non-hydrogen) atoms. The molecule has 2 saturated heterocycles. The Labute approximate surface area is 120 Å². The van der Waals surface area contributed by atoms with E-state index >= 15 is 0 Å². The number of nitrogens with one attached hydrogen (secondary N) is 1. The predicted molar refractivity (Wildman–Crippen MR) is 76.3 cm³/mol. The highest BCUT2D eigenvalue weighted by atomic mass is 16.7. The number of ether oxygens (including phenoxy) is 3. The van der Waals surface area contributed by atoms with Gasteiger partial charge < -0.3 is 19.5 Å². The molecule has 4 heteroatoms. The molecule has 3 rings (SSSR count). The van der Waals surface area contributed by atoms with Gasteiger partial charge in [-0.2, -0.15) is 0 Å². The minimum absolute atomic E-state index is 0.240. The van der Waals surface area contributed by atoms with Crippen molar-refractivity contribution in [2.45, 2.75) is 50.8 Å². The summed E-state index contributed by atoms with van der Waals surface area (Å²) in [7, 11) is 0. The molecule has 0 aliphatic carbocycles. The van der Waals surface area contributed by atoms with Crippen LogP contribution in [-0.2, 0) is 20.8 Å². The first kappa shape index (κ1) is 14.0. The third-order valence-electron chi connectivity index (χ3n) is 3.89. The third-order valence-corrected chi connectivity index (χ3v) is 3.89. The summed E-state index contributed by atoms with van der Waals surface area (Å²) in [6.45, 7) is 6.04. The van der Waals surface area contributed by atoms with Crippen LogP contribution in [0.25, 0.3) is 0 Å². The third kappa shape index (κ3) is 3.38. The summed E-state index contributed by atoms with van der Waals surface area (Å²) in [5.74, 6) is -0.456. The summed E-state index contributed by atoms with van der Waals surface area (Å²) in [6, 6.07) is 10.9. The highest BCUT2D eigenvalue weighted by molar-refractivity contribution is 5.13. The summed E-state index contributed by atoms with van der Waals surface area (Å²) < 4.78 is 17.4. The van der Waals surface area contributed by atoms with Gasteiger partial charge in [-0.25, -0.2) is 0 Å². The molecule has 2 aliphatic heterocycles. The minimum atomic E-state index is -0.456. The van der Waals surface area contributed by atoms with E-state index in [0.29, 0.717) is 31.9 Å². The SMILES string of the molecule is CC1(C)OC[C@H]2N[C@H](COCc3ccccc3)C[C@@H]2O1. The molecule has 2 aliphatic rings. The molecule has 0 amide bonds. The number of hydrogen-bond acceptors (Lipinski definition) is 4. The maximum Gasteiger partial charge on any atom is 0.163 e. The molecule has 1 aromatic carbocycles. The fourth-order valence-corrected chi connectivity index (χ4v) is 2.91. The Morgan fingerprint density at radius 3 is 2.90 bits per heavy atom. The van der Waals surface area contributed by atoms with Gasteiger partial charge in [0, 0.05) is 6.04 Å². The smallest absolute Gasteiger partial charge is 0.163 e. The van der Waals surface area contributed by atoms with Gasteiger partial charge in [0.15, 0.2) is 5.79 Å². The highest BCUT2D eigenvalue weighted by Gasteiger charge is 2.42. The second-order valence-corrected chi connectivity index (χ2v) is 6.07. The van der Waals surface area contributed by atoms with Crippen LogP contribution in [0.3, 0.4) is 0 Å². The van der Waals surface area contributed by atoms with Gasteiger partial charge in [-0.15, -0.1) is 0 Å². The average molecular weight is 277 g/mol. The number of fused-ring (bicyclic) bond motifs is 1. The summed E-state index contributed by atoms with van der Waals surface area (Å²) >= 11 is 0. The maximum atomic E-state index is 5.95. The van der Waals surface area contributed by atoms with Gasteiger partial charge in [-0.1, -0.05) is 30.3 Å². The van der Waals surface area contributed by atoms with Crippen LogP contribution in [0, 0.1) is 0 Å². The molecular formula is C16H23NO3. The van der Waals surface area contributed by atoms with Gasteiger partial charge in [0.1, 0.15) is 0 Å². The van der Waals surface area contributed by atoms with Crippen LogP contribution in [0.2, 0.25) is 0 Å². The summed E-state index contributed by atoms with van der Waals surface area (Å²) in [5.41, 5.74) is 1.21. The Bertz CT molecular complexity index is 435. The fraction of sp³-hybridized carbons (Fsp3) is 0.625. The van der Waals surface area contributed by atoms with Crippen molar-refractivity contribution in [1.29, 1.82) is 0 Å². The van der Waals surface area contributed by atoms with Crippen molar-refractivity contribution in [3.05, 3.63) is 35.9 Å². The van der Waals surface area contributed by atoms with Crippen LogP contribution in [0.5, 0.6) is 0 Å². The normalized spacial score (nSPS) is 32.0. The molecule has 110 valence electrons. The molecule has 1 N–H and O–H groups in total. The quantitative estimate of drug-likeness (QED) is 0.915. The Balaban J connectivity index is 1.44. The maximum absolute atomic E-state index is 5.95. The standard InChI is InChI=1S/C16H23NO3/c1-16(2)19-11-14-15(20-16)8-13(17-14)10-18-9-12-6-4-3-5-7-12/h3-7,13-15,17H,8-11H2,1-2H3/t13-,14+,15-/m0/s1. The van der Waals surface area contributed by atoms with E-state index in [9.17, 15) is 0 Å². The summed E-state index contributed by atoms with van der Waals surface area (Å²) in [6.07, 6.45) is 1.23. The first-order valence-electron chi connectivity index (χ1n) is 7.32. The van der Waals surface area contributed by atoms with E-state index in [2.05, 4.69) is 17.4 Å². The molecular weight excluding hydrogens is 254 g/mol. The Kier molecular flexibility index (Phi) is 4.08. The van der Waals surface area contributed by atoms with Crippen molar-refractivity contribution >= 4 is 0 Å². The zero-order valence-electron chi connectivity index (χ0n) is 12.2. The minimum Gasteiger partial charge on any atom is -0.375 e. The largest absolute Gasteiger partial charge is 0.375 e. The fourth-order valence-electron chi connectivity index (χ4n) is 2.91. The topological polar surface area (TPSA) is 39.7 Å². The Morgan fingerprint density at radius 1 is 1.30 bits per heavy atom. The molecule has 0 spiro atoms. The number of rotatable bonds is 4. The Hall–Kier alpha value is -0.940. The van der Waals surface area contributed by atoms with Crippen LogP contribution < -0.4 is 5.32 Å². The van der Waals surface area contributed by atoms with Gasteiger partial charge >= 0.3 is 0 Å². The van der Waals surface area contributed by atoms with Gasteiger partial charge in [-0.05, 0) is 25.8 Å². The molecule has 4 nitrogen and oxygen atoms in total. The predicted octanol–water partition coefficient (Wildman–Crippen LogP) is 2.09. The lowest BCUT2D eigenvalue weighted by atomic mass is 10.1. The van der Waals surface area contributed by atoms with Crippen molar-refractivity contribution in [2.75, 3.05) is 13.2 Å². The monoisotopic (exact) mass is 277 g/mol. The van der Waals surface area contributed by atoms with Crippen LogP contribution in [0.4, 0.5) is 0 Å². The second kappa shape index (κ2) is 5.82.